The summed E-state index contributed by atoms with van der Waals surface area (Å²) in [4.78, 5) is 0. The van der Waals surface area contributed by atoms with Gasteiger partial charge in [-0.15, -0.1) is 0 Å². The van der Waals surface area contributed by atoms with Crippen molar-refractivity contribution in [2.45, 2.75) is 13.8 Å². The molecule has 64 valence electrons. The molecule has 0 atom stereocenters. The maximum Gasteiger partial charge on any atom is 0.0437 e. The van der Waals surface area contributed by atoms with Crippen molar-refractivity contribution < 1.29 is 4.74 Å². The molecule has 0 aliphatic rings. The standard InChI is InChI=1S/C4H10O.4H2S/c1-3-5-4-2;;;;/h3-4H2,1-2H3;4*1H2. The molecule has 0 aliphatic carbocycles. The van der Waals surface area contributed by atoms with Crippen molar-refractivity contribution >= 4 is 54.0 Å². The lowest BCUT2D eigenvalue weighted by molar-refractivity contribution is 0.162. The first-order valence-corrected chi connectivity index (χ1v) is 1.99. The van der Waals surface area contributed by atoms with E-state index in [-0.39, 0.29) is 54.0 Å². The first-order valence-electron chi connectivity index (χ1n) is 1.99. The summed E-state index contributed by atoms with van der Waals surface area (Å²) in [5, 5.41) is 0. The van der Waals surface area contributed by atoms with Crippen LogP contribution in [0.4, 0.5) is 0 Å². The van der Waals surface area contributed by atoms with Gasteiger partial charge in [-0.2, -0.15) is 54.0 Å². The highest BCUT2D eigenvalue weighted by Crippen LogP contribution is 1.64. The van der Waals surface area contributed by atoms with Gasteiger partial charge in [0.1, 0.15) is 0 Å². The summed E-state index contributed by atoms with van der Waals surface area (Å²) in [6, 6.07) is 0. The highest BCUT2D eigenvalue weighted by Gasteiger charge is 1.64. The molecule has 0 fully saturated rings. The SMILES string of the molecule is CCOCC.S.S.S.S. The Labute approximate surface area is 85.7 Å². The molecule has 0 aromatic heterocycles. The van der Waals surface area contributed by atoms with E-state index in [4.69, 9.17) is 4.74 Å². The summed E-state index contributed by atoms with van der Waals surface area (Å²) in [6.07, 6.45) is 0. The molecule has 0 rings (SSSR count). The van der Waals surface area contributed by atoms with E-state index >= 15 is 0 Å². The lowest BCUT2D eigenvalue weighted by Gasteiger charge is -1.86. The summed E-state index contributed by atoms with van der Waals surface area (Å²) in [7, 11) is 0. The fourth-order valence-electron chi connectivity index (χ4n) is 0.204. The highest BCUT2D eigenvalue weighted by molar-refractivity contribution is 7.59. The zero-order chi connectivity index (χ0) is 4.12. The normalized spacial score (nSPS) is 4.67. The van der Waals surface area contributed by atoms with Crippen molar-refractivity contribution in [2.24, 2.45) is 0 Å². The maximum atomic E-state index is 4.83. The Balaban J connectivity index is -0.0000000133. The van der Waals surface area contributed by atoms with Crippen LogP contribution in [-0.2, 0) is 4.74 Å². The third kappa shape index (κ3) is 44.9. The van der Waals surface area contributed by atoms with Crippen LogP contribution >= 0.6 is 54.0 Å². The predicted molar refractivity (Wildman–Crippen MR) is 63.7 cm³/mol. The Morgan fingerprint density at radius 2 is 1.00 bits per heavy atom. The monoisotopic (exact) mass is 210 g/mol. The van der Waals surface area contributed by atoms with E-state index < -0.39 is 0 Å². The number of ether oxygens (including phenoxy) is 1. The fourth-order valence-corrected chi connectivity index (χ4v) is 0.204. The zero-order valence-corrected chi connectivity index (χ0v) is 9.82. The number of rotatable bonds is 2. The van der Waals surface area contributed by atoms with Crippen molar-refractivity contribution in [2.75, 3.05) is 13.2 Å². The van der Waals surface area contributed by atoms with Crippen LogP contribution in [0.15, 0.2) is 0 Å². The second-order valence-corrected chi connectivity index (χ2v) is 0.781. The van der Waals surface area contributed by atoms with Crippen LogP contribution in [0.5, 0.6) is 0 Å². The molecule has 0 aliphatic heterocycles. The predicted octanol–water partition coefficient (Wildman–Crippen LogP) is 1.49. The average molecular weight is 210 g/mol. The topological polar surface area (TPSA) is 9.23 Å². The Kier molecular flexibility index (Phi) is 121. The van der Waals surface area contributed by atoms with Gasteiger partial charge in [0.25, 0.3) is 0 Å². The second kappa shape index (κ2) is 34.4. The van der Waals surface area contributed by atoms with Crippen molar-refractivity contribution in [3.8, 4) is 0 Å². The maximum absolute atomic E-state index is 4.83. The molecule has 0 bridgehead atoms. The lowest BCUT2D eigenvalue weighted by atomic mass is 10.8. The van der Waals surface area contributed by atoms with Gasteiger partial charge in [0.15, 0.2) is 0 Å². The highest BCUT2D eigenvalue weighted by atomic mass is 32.1. The van der Waals surface area contributed by atoms with E-state index in [0.717, 1.165) is 13.2 Å². The molecule has 0 amide bonds. The van der Waals surface area contributed by atoms with Crippen molar-refractivity contribution in [3.63, 3.8) is 0 Å². The van der Waals surface area contributed by atoms with E-state index in [2.05, 4.69) is 0 Å². The fraction of sp³-hybridized carbons (Fsp3) is 1.00. The zero-order valence-electron chi connectivity index (χ0n) is 5.82. The quantitative estimate of drug-likeness (QED) is 0.671. The lowest BCUT2D eigenvalue weighted by Crippen LogP contribution is -1.84. The smallest absolute Gasteiger partial charge is 0.0437 e. The van der Waals surface area contributed by atoms with E-state index in [1.54, 1.807) is 0 Å². The minimum atomic E-state index is 0. The van der Waals surface area contributed by atoms with Gasteiger partial charge >= 0.3 is 0 Å². The Morgan fingerprint density at radius 3 is 1.00 bits per heavy atom. The molecule has 0 saturated heterocycles. The molecule has 9 heavy (non-hydrogen) atoms. The third-order valence-corrected chi connectivity index (χ3v) is 0.408. The molecule has 5 heteroatoms. The number of hydrogen-bond donors (Lipinski definition) is 0. The third-order valence-electron chi connectivity index (χ3n) is 0.408. The summed E-state index contributed by atoms with van der Waals surface area (Å²) in [5.74, 6) is 0. The van der Waals surface area contributed by atoms with Crippen LogP contribution in [0.1, 0.15) is 13.8 Å². The Bertz CT molecular complexity index is 20.0. The summed E-state index contributed by atoms with van der Waals surface area (Å²) in [6.45, 7) is 5.67. The first kappa shape index (κ1) is 31.6. The molecular formula is C4H18OS4. The second-order valence-electron chi connectivity index (χ2n) is 0.781. The van der Waals surface area contributed by atoms with Gasteiger partial charge in [-0.05, 0) is 13.8 Å². The van der Waals surface area contributed by atoms with Gasteiger partial charge in [0.05, 0.1) is 0 Å². The van der Waals surface area contributed by atoms with E-state index in [1.165, 1.54) is 0 Å². The molecule has 0 aromatic rings. The van der Waals surface area contributed by atoms with Gasteiger partial charge in [-0.3, -0.25) is 0 Å². The Morgan fingerprint density at radius 1 is 0.778 bits per heavy atom. The molecule has 0 saturated carbocycles. The molecule has 0 heterocycles. The molecule has 0 unspecified atom stereocenters. The van der Waals surface area contributed by atoms with Crippen molar-refractivity contribution in [3.05, 3.63) is 0 Å². The molecule has 0 radical (unpaired) electrons. The molecular weight excluding hydrogens is 192 g/mol. The van der Waals surface area contributed by atoms with Gasteiger partial charge < -0.3 is 4.74 Å². The molecule has 0 N–H and O–H groups in total. The summed E-state index contributed by atoms with van der Waals surface area (Å²) in [5.41, 5.74) is 0. The van der Waals surface area contributed by atoms with Crippen LogP contribution < -0.4 is 0 Å². The Hall–Kier alpha value is 1.36. The molecule has 0 spiro atoms. The van der Waals surface area contributed by atoms with Crippen LogP contribution in [0.3, 0.4) is 0 Å². The van der Waals surface area contributed by atoms with Crippen molar-refractivity contribution in [1.82, 2.24) is 0 Å². The van der Waals surface area contributed by atoms with Gasteiger partial charge in [0, 0.05) is 13.2 Å². The minimum Gasteiger partial charge on any atom is -0.382 e. The molecule has 1 nitrogen and oxygen atoms in total. The van der Waals surface area contributed by atoms with E-state index in [9.17, 15) is 0 Å². The van der Waals surface area contributed by atoms with Crippen LogP contribution in [0.25, 0.3) is 0 Å². The van der Waals surface area contributed by atoms with Crippen molar-refractivity contribution in [1.29, 1.82) is 0 Å². The van der Waals surface area contributed by atoms with E-state index in [1.807, 2.05) is 13.8 Å². The largest absolute Gasteiger partial charge is 0.382 e. The summed E-state index contributed by atoms with van der Waals surface area (Å²) >= 11 is 0. The molecule has 0 aromatic carbocycles. The van der Waals surface area contributed by atoms with Crippen LogP contribution in [-0.4, -0.2) is 13.2 Å². The van der Waals surface area contributed by atoms with Gasteiger partial charge in [0.2, 0.25) is 0 Å². The van der Waals surface area contributed by atoms with Gasteiger partial charge in [-0.25, -0.2) is 0 Å². The average Bonchev–Trinajstić information content (AvgIpc) is 1.41. The van der Waals surface area contributed by atoms with Gasteiger partial charge in [-0.1, -0.05) is 0 Å². The van der Waals surface area contributed by atoms with Crippen LogP contribution in [0.2, 0.25) is 0 Å². The summed E-state index contributed by atoms with van der Waals surface area (Å²) < 4.78 is 4.83. The number of hydrogen-bond acceptors (Lipinski definition) is 1. The minimum absolute atomic E-state index is 0. The van der Waals surface area contributed by atoms with Crippen LogP contribution in [0, 0.1) is 0 Å². The van der Waals surface area contributed by atoms with E-state index in [0.29, 0.717) is 0 Å². The first-order chi connectivity index (χ1) is 2.41.